The summed E-state index contributed by atoms with van der Waals surface area (Å²) in [6.45, 7) is 4.59. The average molecular weight is 421 g/mol. The highest BCUT2D eigenvalue weighted by atomic mass is 16.7. The van der Waals surface area contributed by atoms with Gasteiger partial charge in [-0.3, -0.25) is 15.1 Å². The van der Waals surface area contributed by atoms with Gasteiger partial charge in [0.05, 0.1) is 17.8 Å². The van der Waals surface area contributed by atoms with E-state index in [1.807, 2.05) is 54.2 Å². The van der Waals surface area contributed by atoms with Crippen LogP contribution in [0.4, 0.5) is 0 Å². The van der Waals surface area contributed by atoms with Gasteiger partial charge in [0.15, 0.2) is 0 Å². The Kier molecular flexibility index (Phi) is 7.84. The van der Waals surface area contributed by atoms with Crippen molar-refractivity contribution in [2.75, 3.05) is 13.2 Å². The number of ether oxygens (including phenoxy) is 1. The molecular weight excluding hydrogens is 394 g/mol. The van der Waals surface area contributed by atoms with E-state index in [0.717, 1.165) is 34.5 Å². The van der Waals surface area contributed by atoms with Gasteiger partial charge in [0, 0.05) is 12.4 Å². The van der Waals surface area contributed by atoms with Crippen molar-refractivity contribution in [3.63, 3.8) is 0 Å². The first-order valence-electron chi connectivity index (χ1n) is 10.2. The SMILES string of the molecule is CCC=C(NOCCOc1cccc(CC(=O)O)c1C)c1ccc(-n2cccn2)cc1. The van der Waals surface area contributed by atoms with Gasteiger partial charge >= 0.3 is 5.97 Å². The Morgan fingerprint density at radius 2 is 1.97 bits per heavy atom. The molecule has 7 nitrogen and oxygen atoms in total. The Morgan fingerprint density at radius 1 is 1.16 bits per heavy atom. The molecule has 0 amide bonds. The van der Waals surface area contributed by atoms with Crippen LogP contribution in [0, 0.1) is 6.92 Å². The standard InChI is InChI=1S/C24H27N3O4/c1-3-6-22(19-9-11-21(12-10-19)27-14-5-13-25-27)26-31-16-15-30-23-8-4-7-20(18(23)2)17-24(28)29/h4-14,26H,3,15-17H2,1-2H3,(H,28,29). The van der Waals surface area contributed by atoms with Crippen LogP contribution in [-0.4, -0.2) is 34.1 Å². The highest BCUT2D eigenvalue weighted by molar-refractivity contribution is 5.71. The monoisotopic (exact) mass is 421 g/mol. The number of carboxylic acids is 1. The van der Waals surface area contributed by atoms with Crippen molar-refractivity contribution in [3.8, 4) is 11.4 Å². The second-order valence-corrected chi connectivity index (χ2v) is 6.93. The summed E-state index contributed by atoms with van der Waals surface area (Å²) in [5.74, 6) is -0.193. The van der Waals surface area contributed by atoms with E-state index < -0.39 is 5.97 Å². The van der Waals surface area contributed by atoms with Crippen LogP contribution in [0.2, 0.25) is 0 Å². The molecule has 1 aromatic heterocycles. The van der Waals surface area contributed by atoms with E-state index in [1.165, 1.54) is 0 Å². The van der Waals surface area contributed by atoms with Gasteiger partial charge in [-0.2, -0.15) is 5.10 Å². The predicted molar refractivity (Wildman–Crippen MR) is 119 cm³/mol. The molecule has 7 heteroatoms. The molecule has 0 bridgehead atoms. The average Bonchev–Trinajstić information content (AvgIpc) is 3.30. The molecular formula is C24H27N3O4. The zero-order valence-electron chi connectivity index (χ0n) is 17.7. The zero-order chi connectivity index (χ0) is 22.1. The summed E-state index contributed by atoms with van der Waals surface area (Å²) in [5, 5.41) is 13.2. The first-order valence-corrected chi connectivity index (χ1v) is 10.2. The predicted octanol–water partition coefficient (Wildman–Crippen LogP) is 4.16. The molecule has 0 saturated heterocycles. The molecule has 0 aliphatic carbocycles. The Morgan fingerprint density at radius 3 is 2.65 bits per heavy atom. The number of nitrogens with zero attached hydrogens (tertiary/aromatic N) is 2. The molecule has 3 aromatic rings. The van der Waals surface area contributed by atoms with Crippen molar-refractivity contribution in [1.82, 2.24) is 15.3 Å². The molecule has 0 fully saturated rings. The van der Waals surface area contributed by atoms with Gasteiger partial charge in [0.25, 0.3) is 0 Å². The number of benzene rings is 2. The van der Waals surface area contributed by atoms with Crippen molar-refractivity contribution in [2.45, 2.75) is 26.7 Å². The number of carboxylic acid groups (broad SMARTS) is 1. The van der Waals surface area contributed by atoms with Gasteiger partial charge < -0.3 is 9.84 Å². The number of aromatic nitrogens is 2. The Hall–Kier alpha value is -3.58. The van der Waals surface area contributed by atoms with Gasteiger partial charge in [0.1, 0.15) is 19.0 Å². The molecule has 2 N–H and O–H groups in total. The second kappa shape index (κ2) is 11.0. The van der Waals surface area contributed by atoms with Crippen LogP contribution >= 0.6 is 0 Å². The zero-order valence-corrected chi connectivity index (χ0v) is 17.7. The first kappa shape index (κ1) is 22.1. The summed E-state index contributed by atoms with van der Waals surface area (Å²) in [6.07, 6.45) is 6.54. The molecule has 0 aliphatic heterocycles. The highest BCUT2D eigenvalue weighted by Gasteiger charge is 2.08. The lowest BCUT2D eigenvalue weighted by Gasteiger charge is -2.14. The van der Waals surface area contributed by atoms with E-state index in [4.69, 9.17) is 14.7 Å². The van der Waals surface area contributed by atoms with E-state index in [2.05, 4.69) is 23.6 Å². The van der Waals surface area contributed by atoms with Gasteiger partial charge in [0.2, 0.25) is 0 Å². The summed E-state index contributed by atoms with van der Waals surface area (Å²) in [7, 11) is 0. The van der Waals surface area contributed by atoms with Crippen LogP contribution < -0.4 is 10.2 Å². The maximum atomic E-state index is 11.0. The Balaban J connectivity index is 1.52. The fourth-order valence-electron chi connectivity index (χ4n) is 3.13. The van der Waals surface area contributed by atoms with Crippen LogP contribution in [0.1, 0.15) is 30.0 Å². The minimum absolute atomic E-state index is 0.0224. The summed E-state index contributed by atoms with van der Waals surface area (Å²) in [6, 6.07) is 15.4. The number of aliphatic carboxylic acids is 1. The molecule has 0 saturated carbocycles. The van der Waals surface area contributed by atoms with Crippen LogP contribution in [0.3, 0.4) is 0 Å². The molecule has 162 valence electrons. The third-order valence-electron chi connectivity index (χ3n) is 4.72. The number of hydroxylamine groups is 1. The third-order valence-corrected chi connectivity index (χ3v) is 4.72. The minimum Gasteiger partial charge on any atom is -0.491 e. The molecule has 0 atom stereocenters. The largest absolute Gasteiger partial charge is 0.491 e. The normalized spacial score (nSPS) is 11.4. The smallest absolute Gasteiger partial charge is 0.307 e. The lowest BCUT2D eigenvalue weighted by molar-refractivity contribution is -0.136. The Bertz CT molecular complexity index is 1010. The molecule has 2 aromatic carbocycles. The van der Waals surface area contributed by atoms with E-state index in [0.29, 0.717) is 19.0 Å². The fourth-order valence-corrected chi connectivity index (χ4v) is 3.13. The van der Waals surface area contributed by atoms with Gasteiger partial charge in [-0.1, -0.05) is 37.3 Å². The number of nitrogens with one attached hydrogen (secondary N) is 1. The molecule has 0 radical (unpaired) electrons. The van der Waals surface area contributed by atoms with Crippen molar-refractivity contribution < 1.29 is 19.5 Å². The van der Waals surface area contributed by atoms with Crippen molar-refractivity contribution in [1.29, 1.82) is 0 Å². The molecule has 0 unspecified atom stereocenters. The lowest BCUT2D eigenvalue weighted by Crippen LogP contribution is -2.18. The summed E-state index contributed by atoms with van der Waals surface area (Å²) < 4.78 is 7.58. The van der Waals surface area contributed by atoms with Crippen molar-refractivity contribution in [3.05, 3.63) is 83.7 Å². The maximum absolute atomic E-state index is 11.0. The molecule has 0 spiro atoms. The lowest BCUT2D eigenvalue weighted by atomic mass is 10.1. The number of hydrogen-bond donors (Lipinski definition) is 2. The quantitative estimate of drug-likeness (QED) is 0.357. The Labute approximate surface area is 181 Å². The van der Waals surface area contributed by atoms with Crippen LogP contribution in [0.5, 0.6) is 5.75 Å². The summed E-state index contributed by atoms with van der Waals surface area (Å²) >= 11 is 0. The fraction of sp³-hybridized carbons (Fsp3) is 0.250. The van der Waals surface area contributed by atoms with Crippen LogP contribution in [0.15, 0.2) is 67.0 Å². The van der Waals surface area contributed by atoms with E-state index in [9.17, 15) is 4.79 Å². The second-order valence-electron chi connectivity index (χ2n) is 6.93. The molecule has 0 aliphatic rings. The minimum atomic E-state index is -0.860. The number of hydrogen-bond acceptors (Lipinski definition) is 5. The van der Waals surface area contributed by atoms with Gasteiger partial charge in [-0.05, 0) is 54.3 Å². The van der Waals surface area contributed by atoms with Gasteiger partial charge in [-0.25, -0.2) is 4.68 Å². The van der Waals surface area contributed by atoms with Crippen molar-refractivity contribution >= 4 is 11.7 Å². The van der Waals surface area contributed by atoms with E-state index in [-0.39, 0.29) is 6.42 Å². The molecule has 3 rings (SSSR count). The summed E-state index contributed by atoms with van der Waals surface area (Å²) in [4.78, 5) is 16.6. The number of allylic oxidation sites excluding steroid dienone is 1. The van der Waals surface area contributed by atoms with E-state index in [1.54, 1.807) is 18.3 Å². The maximum Gasteiger partial charge on any atom is 0.307 e. The highest BCUT2D eigenvalue weighted by Crippen LogP contribution is 2.22. The van der Waals surface area contributed by atoms with E-state index >= 15 is 0 Å². The molecule has 31 heavy (non-hydrogen) atoms. The molecule has 1 heterocycles. The van der Waals surface area contributed by atoms with Crippen molar-refractivity contribution in [2.24, 2.45) is 0 Å². The van der Waals surface area contributed by atoms with Gasteiger partial charge in [-0.15, -0.1) is 0 Å². The third kappa shape index (κ3) is 6.20. The topological polar surface area (TPSA) is 85.6 Å². The summed E-state index contributed by atoms with van der Waals surface area (Å²) in [5.41, 5.74) is 7.47. The number of carbonyl (C=O) groups is 1. The number of rotatable bonds is 11. The van der Waals surface area contributed by atoms with Crippen LogP contribution in [-0.2, 0) is 16.1 Å². The first-order chi connectivity index (χ1) is 15.1. The van der Waals surface area contributed by atoms with Crippen LogP contribution in [0.25, 0.3) is 11.4 Å².